The van der Waals surface area contributed by atoms with E-state index in [0.29, 0.717) is 31.4 Å². The number of rotatable bonds is 16. The highest BCUT2D eigenvalue weighted by atomic mass is 16.4. The highest BCUT2D eigenvalue weighted by Crippen LogP contribution is 2.12. The van der Waals surface area contributed by atoms with Crippen molar-refractivity contribution >= 4 is 23.7 Å². The maximum atomic E-state index is 13.0. The summed E-state index contributed by atoms with van der Waals surface area (Å²) in [5, 5.41) is 36.6. The minimum Gasteiger partial charge on any atom is -0.508 e. The lowest BCUT2D eigenvalue weighted by Gasteiger charge is -2.27. The van der Waals surface area contributed by atoms with Gasteiger partial charge in [0.2, 0.25) is 17.7 Å². The fourth-order valence-electron chi connectivity index (χ4n) is 3.61. The van der Waals surface area contributed by atoms with Crippen molar-refractivity contribution < 1.29 is 34.5 Å². The number of carbonyl (C=O) groups excluding carboxylic acids is 3. The number of nitrogens with one attached hydrogen (secondary N) is 3. The standard InChI is InChI=1S/C25H41N5O7/c1-14(2)12-19(23(34)29-20(25(36)37)13-16-7-9-17(32)10-8-16)28-24(35)21(15(3)31)30-22(33)18(27)6-4-5-11-26/h7-10,14-15,18-21,31-32H,4-6,11-13,26-27H2,1-3H3,(H,28,35)(H,29,34)(H,30,33)(H,36,37). The second-order valence-electron chi connectivity index (χ2n) is 9.58. The number of hydrogen-bond donors (Lipinski definition) is 8. The summed E-state index contributed by atoms with van der Waals surface area (Å²) in [6, 6.07) is 1.23. The maximum Gasteiger partial charge on any atom is 0.326 e. The zero-order valence-electron chi connectivity index (χ0n) is 21.6. The second-order valence-corrected chi connectivity index (χ2v) is 9.58. The molecule has 0 aliphatic heterocycles. The van der Waals surface area contributed by atoms with E-state index in [0.717, 1.165) is 0 Å². The Morgan fingerprint density at radius 1 is 0.892 bits per heavy atom. The van der Waals surface area contributed by atoms with Gasteiger partial charge in [-0.3, -0.25) is 14.4 Å². The lowest BCUT2D eigenvalue weighted by molar-refractivity contribution is -0.142. The van der Waals surface area contributed by atoms with Crippen molar-refractivity contribution in [3.63, 3.8) is 0 Å². The Kier molecular flexibility index (Phi) is 13.6. The summed E-state index contributed by atoms with van der Waals surface area (Å²) in [5.74, 6) is -3.44. The first-order valence-electron chi connectivity index (χ1n) is 12.4. The first-order valence-corrected chi connectivity index (χ1v) is 12.4. The molecule has 37 heavy (non-hydrogen) atoms. The van der Waals surface area contributed by atoms with E-state index in [9.17, 15) is 34.5 Å². The van der Waals surface area contributed by atoms with Crippen molar-refractivity contribution in [3.05, 3.63) is 29.8 Å². The number of aromatic hydroxyl groups is 1. The smallest absolute Gasteiger partial charge is 0.326 e. The summed E-state index contributed by atoms with van der Waals surface area (Å²) in [5.41, 5.74) is 11.9. The van der Waals surface area contributed by atoms with Gasteiger partial charge in [0.05, 0.1) is 12.1 Å². The van der Waals surface area contributed by atoms with E-state index in [1.165, 1.54) is 19.1 Å². The number of aliphatic hydroxyl groups is 1. The Hall–Kier alpha value is -3.22. The van der Waals surface area contributed by atoms with E-state index < -0.39 is 54.0 Å². The number of hydrogen-bond acceptors (Lipinski definition) is 8. The van der Waals surface area contributed by atoms with Gasteiger partial charge in [-0.05, 0) is 56.3 Å². The fraction of sp³-hybridized carbons (Fsp3) is 0.600. The Bertz CT molecular complexity index is 892. The number of amides is 3. The first kappa shape index (κ1) is 31.8. The third kappa shape index (κ3) is 11.6. The maximum absolute atomic E-state index is 13.0. The van der Waals surface area contributed by atoms with Crippen LogP contribution >= 0.6 is 0 Å². The second kappa shape index (κ2) is 15.8. The zero-order valence-corrected chi connectivity index (χ0v) is 21.6. The first-order chi connectivity index (χ1) is 17.3. The zero-order chi connectivity index (χ0) is 28.1. The largest absolute Gasteiger partial charge is 0.508 e. The summed E-state index contributed by atoms with van der Waals surface area (Å²) < 4.78 is 0. The minimum atomic E-state index is -1.37. The number of carbonyl (C=O) groups is 4. The number of benzene rings is 1. The van der Waals surface area contributed by atoms with Crippen LogP contribution in [0.15, 0.2) is 24.3 Å². The number of carboxylic acids is 1. The molecule has 0 bridgehead atoms. The molecule has 0 saturated carbocycles. The molecular formula is C25H41N5O7. The number of unbranched alkanes of at least 4 members (excludes halogenated alkanes) is 1. The van der Waals surface area contributed by atoms with Gasteiger partial charge in [-0.2, -0.15) is 0 Å². The number of aliphatic hydroxyl groups excluding tert-OH is 1. The van der Waals surface area contributed by atoms with Gasteiger partial charge in [-0.15, -0.1) is 0 Å². The van der Waals surface area contributed by atoms with Crippen LogP contribution in [0.3, 0.4) is 0 Å². The molecule has 12 heteroatoms. The van der Waals surface area contributed by atoms with E-state index >= 15 is 0 Å². The molecule has 1 rings (SSSR count). The van der Waals surface area contributed by atoms with Gasteiger partial charge >= 0.3 is 5.97 Å². The quantitative estimate of drug-likeness (QED) is 0.129. The molecule has 0 aliphatic rings. The van der Waals surface area contributed by atoms with Crippen LogP contribution in [0.1, 0.15) is 52.0 Å². The highest BCUT2D eigenvalue weighted by molar-refractivity contribution is 5.94. The van der Waals surface area contributed by atoms with Gasteiger partial charge < -0.3 is 42.7 Å². The number of phenolic OH excluding ortho intramolecular Hbond substituents is 1. The number of aliphatic carboxylic acids is 1. The molecule has 0 aliphatic carbocycles. The third-order valence-corrected chi connectivity index (χ3v) is 5.70. The minimum absolute atomic E-state index is 0.0237. The molecule has 10 N–H and O–H groups in total. The molecule has 3 amide bonds. The molecule has 5 unspecified atom stereocenters. The highest BCUT2D eigenvalue weighted by Gasteiger charge is 2.32. The van der Waals surface area contributed by atoms with Gasteiger partial charge in [0.1, 0.15) is 23.9 Å². The lowest BCUT2D eigenvalue weighted by atomic mass is 10.0. The predicted octanol–water partition coefficient (Wildman–Crippen LogP) is -0.643. The molecule has 0 heterocycles. The third-order valence-electron chi connectivity index (χ3n) is 5.70. The van der Waals surface area contributed by atoms with Gasteiger partial charge in [-0.25, -0.2) is 4.79 Å². The van der Waals surface area contributed by atoms with E-state index in [4.69, 9.17) is 11.5 Å². The normalized spacial score (nSPS) is 15.2. The van der Waals surface area contributed by atoms with Gasteiger partial charge in [0, 0.05) is 6.42 Å². The fourth-order valence-corrected chi connectivity index (χ4v) is 3.61. The number of nitrogens with two attached hydrogens (primary N) is 2. The van der Waals surface area contributed by atoms with Crippen molar-refractivity contribution in [2.45, 2.75) is 83.1 Å². The van der Waals surface area contributed by atoms with Gasteiger partial charge in [0.25, 0.3) is 0 Å². The van der Waals surface area contributed by atoms with Crippen molar-refractivity contribution in [2.24, 2.45) is 17.4 Å². The van der Waals surface area contributed by atoms with Crippen LogP contribution < -0.4 is 27.4 Å². The molecule has 0 aromatic heterocycles. The van der Waals surface area contributed by atoms with Crippen molar-refractivity contribution in [2.75, 3.05) is 6.54 Å². The van der Waals surface area contributed by atoms with Crippen LogP contribution in [0, 0.1) is 5.92 Å². The molecule has 0 saturated heterocycles. The van der Waals surface area contributed by atoms with Crippen molar-refractivity contribution in [3.8, 4) is 5.75 Å². The molecule has 5 atom stereocenters. The van der Waals surface area contributed by atoms with E-state index in [1.807, 2.05) is 13.8 Å². The van der Waals surface area contributed by atoms with Gasteiger partial charge in [0.15, 0.2) is 0 Å². The number of phenols is 1. The van der Waals surface area contributed by atoms with Crippen LogP contribution in [0.25, 0.3) is 0 Å². The summed E-state index contributed by atoms with van der Waals surface area (Å²) in [7, 11) is 0. The Morgan fingerprint density at radius 2 is 1.49 bits per heavy atom. The lowest BCUT2D eigenvalue weighted by Crippen LogP contribution is -2.60. The molecular weight excluding hydrogens is 482 g/mol. The molecule has 0 fully saturated rings. The van der Waals surface area contributed by atoms with Crippen LogP contribution in [0.2, 0.25) is 0 Å². The Labute approximate surface area is 217 Å². The van der Waals surface area contributed by atoms with Crippen LogP contribution in [0.4, 0.5) is 0 Å². The number of carboxylic acid groups (broad SMARTS) is 1. The molecule has 0 spiro atoms. The molecule has 0 radical (unpaired) electrons. The van der Waals surface area contributed by atoms with Gasteiger partial charge in [-0.1, -0.05) is 32.4 Å². The van der Waals surface area contributed by atoms with Crippen LogP contribution in [-0.2, 0) is 25.6 Å². The molecule has 12 nitrogen and oxygen atoms in total. The predicted molar refractivity (Wildman–Crippen MR) is 137 cm³/mol. The summed E-state index contributed by atoms with van der Waals surface area (Å²) >= 11 is 0. The van der Waals surface area contributed by atoms with E-state index in [2.05, 4.69) is 16.0 Å². The average Bonchev–Trinajstić information content (AvgIpc) is 2.82. The Balaban J connectivity index is 2.94. The summed E-state index contributed by atoms with van der Waals surface area (Å²) in [6.07, 6.45) is 0.525. The van der Waals surface area contributed by atoms with E-state index in [-0.39, 0.29) is 24.5 Å². The molecule has 1 aromatic carbocycles. The van der Waals surface area contributed by atoms with Crippen molar-refractivity contribution in [1.82, 2.24) is 16.0 Å². The summed E-state index contributed by atoms with van der Waals surface area (Å²) in [4.78, 5) is 50.3. The Morgan fingerprint density at radius 3 is 2.00 bits per heavy atom. The monoisotopic (exact) mass is 523 g/mol. The van der Waals surface area contributed by atoms with Crippen LogP contribution in [0.5, 0.6) is 5.75 Å². The van der Waals surface area contributed by atoms with Crippen LogP contribution in [-0.4, -0.2) is 75.8 Å². The SMILES string of the molecule is CC(C)CC(NC(=O)C(NC(=O)C(N)CCCCN)C(C)O)C(=O)NC(Cc1ccc(O)cc1)C(=O)O. The topological polar surface area (TPSA) is 217 Å². The van der Waals surface area contributed by atoms with Crippen molar-refractivity contribution in [1.29, 1.82) is 0 Å². The summed E-state index contributed by atoms with van der Waals surface area (Å²) in [6.45, 7) is 5.43. The van der Waals surface area contributed by atoms with E-state index in [1.54, 1.807) is 12.1 Å². The molecule has 208 valence electrons. The molecule has 1 aromatic rings. The average molecular weight is 524 g/mol.